The Balaban J connectivity index is 1.77. The molecule has 1 atom stereocenters. The van der Waals surface area contributed by atoms with Crippen LogP contribution in [-0.4, -0.2) is 48.0 Å². The van der Waals surface area contributed by atoms with Crippen LogP contribution < -0.4 is 16.5 Å². The molecule has 152 valence electrons. The molecule has 0 heterocycles. The molecule has 1 saturated carbocycles. The lowest BCUT2D eigenvalue weighted by molar-refractivity contribution is -0.140. The van der Waals surface area contributed by atoms with E-state index in [9.17, 15) is 14.4 Å². The van der Waals surface area contributed by atoms with E-state index >= 15 is 0 Å². The predicted octanol–water partition coefficient (Wildman–Crippen LogP) is 0.993. The van der Waals surface area contributed by atoms with Crippen molar-refractivity contribution >= 4 is 17.7 Å². The van der Waals surface area contributed by atoms with Crippen LogP contribution in [0.4, 0.5) is 0 Å². The Bertz CT molecular complexity index is 905. The molecule has 1 fully saturated rings. The average Bonchev–Trinajstić information content (AvgIpc) is 3.51. The van der Waals surface area contributed by atoms with Crippen molar-refractivity contribution in [1.29, 1.82) is 0 Å². The van der Waals surface area contributed by atoms with Gasteiger partial charge in [0.25, 0.3) is 17.7 Å². The van der Waals surface area contributed by atoms with E-state index in [0.717, 1.165) is 34.4 Å². The average molecular weight is 396 g/mol. The molecule has 1 aliphatic carbocycles. The van der Waals surface area contributed by atoms with Crippen molar-refractivity contribution in [2.24, 2.45) is 5.73 Å². The van der Waals surface area contributed by atoms with Gasteiger partial charge >= 0.3 is 0 Å². The van der Waals surface area contributed by atoms with Gasteiger partial charge in [-0.15, -0.1) is 0 Å². The third kappa shape index (κ3) is 4.13. The number of hydrogen-bond donors (Lipinski definition) is 4. The molecule has 8 heteroatoms. The summed E-state index contributed by atoms with van der Waals surface area (Å²) in [6, 6.07) is 13.4. The fourth-order valence-electron chi connectivity index (χ4n) is 3.21. The summed E-state index contributed by atoms with van der Waals surface area (Å²) in [4.78, 5) is 37.4. The van der Waals surface area contributed by atoms with Crippen LogP contribution in [0.3, 0.4) is 0 Å². The lowest BCUT2D eigenvalue weighted by Crippen LogP contribution is -2.54. The van der Waals surface area contributed by atoms with Crippen LogP contribution in [0.5, 0.6) is 0 Å². The van der Waals surface area contributed by atoms with Crippen LogP contribution in [0.25, 0.3) is 11.1 Å². The monoisotopic (exact) mass is 396 g/mol. The summed E-state index contributed by atoms with van der Waals surface area (Å²) < 4.78 is 0. The first kappa shape index (κ1) is 20.5. The van der Waals surface area contributed by atoms with Gasteiger partial charge in [-0.3, -0.25) is 19.6 Å². The molecule has 0 spiro atoms. The molecule has 3 amide bonds. The maximum absolute atomic E-state index is 12.7. The number of nitrogens with one attached hydrogen (secondary N) is 2. The maximum Gasteiger partial charge on any atom is 0.275 e. The van der Waals surface area contributed by atoms with Crippen LogP contribution >= 0.6 is 0 Å². The van der Waals surface area contributed by atoms with Gasteiger partial charge in [-0.05, 0) is 41.7 Å². The Morgan fingerprint density at radius 2 is 1.52 bits per heavy atom. The molecule has 0 radical (unpaired) electrons. The number of hydroxylamine groups is 1. The molecule has 0 saturated heterocycles. The van der Waals surface area contributed by atoms with E-state index in [1.165, 1.54) is 19.6 Å². The topological polar surface area (TPSA) is 125 Å². The van der Waals surface area contributed by atoms with Gasteiger partial charge in [-0.2, -0.15) is 0 Å². The highest BCUT2D eigenvalue weighted by molar-refractivity contribution is 6.08. The van der Waals surface area contributed by atoms with E-state index in [0.29, 0.717) is 5.56 Å². The van der Waals surface area contributed by atoms with E-state index in [2.05, 4.69) is 5.32 Å². The SMILES string of the molecule is CNC(=O)C(C(=O)NO)N(C)C(=O)c1ccc(-c2ccc(C3(N)CC3)cc2)cc1. The summed E-state index contributed by atoms with van der Waals surface area (Å²) in [6.45, 7) is 0. The van der Waals surface area contributed by atoms with Crippen molar-refractivity contribution in [2.75, 3.05) is 14.1 Å². The molecule has 1 unspecified atom stereocenters. The van der Waals surface area contributed by atoms with Crippen molar-refractivity contribution < 1.29 is 19.6 Å². The van der Waals surface area contributed by atoms with Crippen molar-refractivity contribution in [2.45, 2.75) is 24.4 Å². The van der Waals surface area contributed by atoms with Gasteiger partial charge in [-0.25, -0.2) is 5.48 Å². The minimum atomic E-state index is -1.49. The predicted molar refractivity (Wildman–Crippen MR) is 107 cm³/mol. The highest BCUT2D eigenvalue weighted by Crippen LogP contribution is 2.42. The standard InChI is InChI=1S/C21H24N4O4/c1-23-18(26)17(19(27)24-29)25(2)20(28)15-5-3-13(4-6-15)14-7-9-16(10-8-14)21(22)11-12-21/h3-10,17,29H,11-12,22H2,1-2H3,(H,23,26)(H,24,27). The van der Waals surface area contributed by atoms with Crippen LogP contribution in [0.15, 0.2) is 48.5 Å². The zero-order valence-electron chi connectivity index (χ0n) is 16.3. The fourth-order valence-corrected chi connectivity index (χ4v) is 3.21. The Labute approximate surface area is 168 Å². The fraction of sp³-hybridized carbons (Fsp3) is 0.286. The van der Waals surface area contributed by atoms with Crippen molar-refractivity contribution in [3.63, 3.8) is 0 Å². The Hall–Kier alpha value is -3.23. The number of nitrogens with zero attached hydrogens (tertiary/aromatic N) is 1. The van der Waals surface area contributed by atoms with Crippen LogP contribution in [0.1, 0.15) is 28.8 Å². The molecule has 8 nitrogen and oxygen atoms in total. The van der Waals surface area contributed by atoms with E-state index in [4.69, 9.17) is 10.9 Å². The summed E-state index contributed by atoms with van der Waals surface area (Å²) in [7, 11) is 2.67. The van der Waals surface area contributed by atoms with Gasteiger partial charge in [0.2, 0.25) is 0 Å². The number of nitrogens with two attached hydrogens (primary N) is 1. The molecule has 0 bridgehead atoms. The first-order valence-electron chi connectivity index (χ1n) is 9.23. The van der Waals surface area contributed by atoms with Crippen LogP contribution in [-0.2, 0) is 15.1 Å². The quantitative estimate of drug-likeness (QED) is 0.329. The summed E-state index contributed by atoms with van der Waals surface area (Å²) >= 11 is 0. The lowest BCUT2D eigenvalue weighted by Gasteiger charge is -2.25. The van der Waals surface area contributed by atoms with Gasteiger partial charge in [0, 0.05) is 25.2 Å². The van der Waals surface area contributed by atoms with Gasteiger partial charge in [-0.1, -0.05) is 36.4 Å². The minimum absolute atomic E-state index is 0.179. The minimum Gasteiger partial charge on any atom is -0.357 e. The second kappa shape index (κ2) is 8.02. The molecule has 0 aromatic heterocycles. The van der Waals surface area contributed by atoms with Crippen LogP contribution in [0.2, 0.25) is 0 Å². The van der Waals surface area contributed by atoms with Gasteiger partial charge in [0.1, 0.15) is 0 Å². The maximum atomic E-state index is 12.7. The Morgan fingerprint density at radius 3 is 1.97 bits per heavy atom. The van der Waals surface area contributed by atoms with E-state index < -0.39 is 23.8 Å². The molecular weight excluding hydrogens is 372 g/mol. The molecule has 2 aromatic carbocycles. The summed E-state index contributed by atoms with van der Waals surface area (Å²) in [5.74, 6) is -2.23. The molecule has 2 aromatic rings. The largest absolute Gasteiger partial charge is 0.357 e. The number of amides is 3. The molecule has 29 heavy (non-hydrogen) atoms. The number of hydrogen-bond acceptors (Lipinski definition) is 5. The van der Waals surface area contributed by atoms with Gasteiger partial charge in [0.05, 0.1) is 0 Å². The number of rotatable bonds is 6. The van der Waals surface area contributed by atoms with E-state index in [-0.39, 0.29) is 5.54 Å². The number of carbonyl (C=O) groups excluding carboxylic acids is 3. The van der Waals surface area contributed by atoms with Crippen molar-refractivity contribution in [1.82, 2.24) is 15.7 Å². The first-order valence-corrected chi connectivity index (χ1v) is 9.23. The number of carbonyl (C=O) groups is 3. The van der Waals surface area contributed by atoms with E-state index in [1.807, 2.05) is 24.3 Å². The highest BCUT2D eigenvalue weighted by atomic mass is 16.5. The second-order valence-corrected chi connectivity index (χ2v) is 7.22. The smallest absolute Gasteiger partial charge is 0.275 e. The number of likely N-dealkylation sites (N-methyl/N-ethyl adjacent to an activating group) is 2. The second-order valence-electron chi connectivity index (χ2n) is 7.22. The van der Waals surface area contributed by atoms with E-state index in [1.54, 1.807) is 24.3 Å². The van der Waals surface area contributed by atoms with Crippen LogP contribution in [0, 0.1) is 0 Å². The zero-order chi connectivity index (χ0) is 21.2. The Kier molecular flexibility index (Phi) is 5.67. The molecule has 5 N–H and O–H groups in total. The summed E-state index contributed by atoms with van der Waals surface area (Å²) in [5, 5.41) is 11.2. The Morgan fingerprint density at radius 1 is 1.00 bits per heavy atom. The highest BCUT2D eigenvalue weighted by Gasteiger charge is 2.39. The molecular formula is C21H24N4O4. The molecule has 0 aliphatic heterocycles. The third-order valence-electron chi connectivity index (χ3n) is 5.27. The van der Waals surface area contributed by atoms with Crippen molar-refractivity contribution in [3.05, 3.63) is 59.7 Å². The van der Waals surface area contributed by atoms with Gasteiger partial charge < -0.3 is 16.0 Å². The third-order valence-corrected chi connectivity index (χ3v) is 5.27. The zero-order valence-corrected chi connectivity index (χ0v) is 16.3. The molecule has 1 aliphatic rings. The van der Waals surface area contributed by atoms with Crippen molar-refractivity contribution in [3.8, 4) is 11.1 Å². The normalized spacial score (nSPS) is 15.2. The molecule has 3 rings (SSSR count). The summed E-state index contributed by atoms with van der Waals surface area (Å²) in [6.07, 6.45) is 2.00. The summed E-state index contributed by atoms with van der Waals surface area (Å²) in [5.41, 5.74) is 10.8. The number of benzene rings is 2. The first-order chi connectivity index (χ1) is 13.8. The lowest BCUT2D eigenvalue weighted by atomic mass is 9.99. The van der Waals surface area contributed by atoms with Gasteiger partial charge in [0.15, 0.2) is 6.04 Å².